The van der Waals surface area contributed by atoms with Gasteiger partial charge in [-0.05, 0) is 27.7 Å². The lowest BCUT2D eigenvalue weighted by Crippen LogP contribution is -2.57. The van der Waals surface area contributed by atoms with Crippen molar-refractivity contribution in [2.45, 2.75) is 39.8 Å². The van der Waals surface area contributed by atoms with E-state index in [4.69, 9.17) is 5.73 Å². The second kappa shape index (κ2) is 5.26. The van der Waals surface area contributed by atoms with E-state index in [-0.39, 0.29) is 12.2 Å². The molecule has 0 unspecified atom stereocenters. The normalized spacial score (nSPS) is 12.3. The first-order valence-corrected chi connectivity index (χ1v) is 6.70. The van der Waals surface area contributed by atoms with Gasteiger partial charge in [0, 0.05) is 11.9 Å². The van der Waals surface area contributed by atoms with Gasteiger partial charge in [-0.2, -0.15) is 0 Å². The number of hydrogen-bond donors (Lipinski definition) is 3. The molecule has 1 aromatic heterocycles. The van der Waals surface area contributed by atoms with Gasteiger partial charge in [0.05, 0.1) is 11.0 Å². The van der Waals surface area contributed by atoms with Gasteiger partial charge in [0.2, 0.25) is 0 Å². The Morgan fingerprint density at radius 2 is 2.00 bits per heavy atom. The summed E-state index contributed by atoms with van der Waals surface area (Å²) in [7, 11) is 0. The van der Waals surface area contributed by atoms with Gasteiger partial charge in [-0.15, -0.1) is 11.3 Å². The van der Waals surface area contributed by atoms with Crippen molar-refractivity contribution >= 4 is 23.2 Å². The lowest BCUT2D eigenvalue weighted by atomic mass is 9.74. The average Bonchev–Trinajstić information content (AvgIpc) is 2.76. The van der Waals surface area contributed by atoms with Gasteiger partial charge in [0.25, 0.3) is 5.91 Å². The van der Waals surface area contributed by atoms with Crippen LogP contribution in [0.5, 0.6) is 0 Å². The van der Waals surface area contributed by atoms with Crippen molar-refractivity contribution in [1.29, 1.82) is 0 Å². The zero-order valence-electron chi connectivity index (χ0n) is 11.5. The highest BCUT2D eigenvalue weighted by molar-refractivity contribution is 7.09. The first-order chi connectivity index (χ1) is 8.61. The fourth-order valence-corrected chi connectivity index (χ4v) is 1.94. The second-order valence-electron chi connectivity index (χ2n) is 5.34. The lowest BCUT2D eigenvalue weighted by molar-refractivity contribution is -0.150. The van der Waals surface area contributed by atoms with E-state index in [0.717, 1.165) is 0 Å². The number of nitrogens with one attached hydrogen (secondary N) is 1. The number of aromatic nitrogens is 1. The van der Waals surface area contributed by atoms with E-state index >= 15 is 0 Å². The van der Waals surface area contributed by atoms with Gasteiger partial charge in [0.15, 0.2) is 0 Å². The number of amides is 1. The lowest BCUT2D eigenvalue weighted by Gasteiger charge is -2.38. The van der Waals surface area contributed by atoms with Gasteiger partial charge >= 0.3 is 5.97 Å². The molecule has 1 amide bonds. The van der Waals surface area contributed by atoms with Crippen LogP contribution >= 0.6 is 11.3 Å². The number of rotatable bonds is 5. The van der Waals surface area contributed by atoms with Crippen LogP contribution in [0.2, 0.25) is 0 Å². The number of aliphatic carboxylic acids is 1. The van der Waals surface area contributed by atoms with Gasteiger partial charge in [-0.25, -0.2) is 4.98 Å². The summed E-state index contributed by atoms with van der Waals surface area (Å²) < 4.78 is 0. The molecule has 0 saturated carbocycles. The molecule has 0 aliphatic rings. The van der Waals surface area contributed by atoms with E-state index < -0.39 is 22.8 Å². The maximum atomic E-state index is 12.1. The fraction of sp³-hybridized carbons (Fsp3) is 0.583. The minimum Gasteiger partial charge on any atom is -0.481 e. The Balaban J connectivity index is 2.89. The van der Waals surface area contributed by atoms with Crippen LogP contribution in [0.25, 0.3) is 0 Å². The summed E-state index contributed by atoms with van der Waals surface area (Å²) in [4.78, 5) is 27.4. The van der Waals surface area contributed by atoms with Crippen LogP contribution in [0.15, 0.2) is 5.38 Å². The molecule has 0 bridgehead atoms. The Morgan fingerprint density at radius 1 is 1.42 bits per heavy atom. The molecule has 1 aromatic rings. The summed E-state index contributed by atoms with van der Waals surface area (Å²) in [5, 5.41) is 14.2. The van der Waals surface area contributed by atoms with E-state index in [1.54, 1.807) is 33.1 Å². The Hall–Kier alpha value is -1.47. The summed E-state index contributed by atoms with van der Waals surface area (Å²) in [6, 6.07) is 0. The van der Waals surface area contributed by atoms with Crippen LogP contribution in [0.1, 0.15) is 43.2 Å². The highest BCUT2D eigenvalue weighted by Gasteiger charge is 2.44. The van der Waals surface area contributed by atoms with E-state index in [1.807, 2.05) is 0 Å². The molecular formula is C12H19N3O3S. The van der Waals surface area contributed by atoms with Crippen molar-refractivity contribution in [3.05, 3.63) is 16.1 Å². The van der Waals surface area contributed by atoms with E-state index in [1.165, 1.54) is 11.3 Å². The Labute approximate surface area is 116 Å². The van der Waals surface area contributed by atoms with E-state index in [0.29, 0.717) is 5.01 Å². The summed E-state index contributed by atoms with van der Waals surface area (Å²) in [6.45, 7) is 6.77. The number of carboxylic acid groups (broad SMARTS) is 1. The third kappa shape index (κ3) is 3.10. The Bertz CT molecular complexity index is 494. The average molecular weight is 285 g/mol. The maximum absolute atomic E-state index is 12.1. The smallest absolute Gasteiger partial charge is 0.311 e. The molecule has 0 radical (unpaired) electrons. The topological polar surface area (TPSA) is 105 Å². The number of carboxylic acids is 1. The van der Waals surface area contributed by atoms with Crippen molar-refractivity contribution in [3.8, 4) is 0 Å². The molecule has 6 nitrogen and oxygen atoms in total. The molecular weight excluding hydrogens is 266 g/mol. The zero-order valence-corrected chi connectivity index (χ0v) is 12.3. The SMILES string of the molecule is CC(C)(NC(=O)c1csc(CN)n1)C(C)(C)C(=O)O. The molecule has 1 rings (SSSR count). The largest absolute Gasteiger partial charge is 0.481 e. The predicted octanol–water partition coefficient (Wildman–Crippen LogP) is 1.22. The number of nitrogens with zero attached hydrogens (tertiary/aromatic N) is 1. The highest BCUT2D eigenvalue weighted by Crippen LogP contribution is 2.31. The Kier molecular flexibility index (Phi) is 4.32. The summed E-state index contributed by atoms with van der Waals surface area (Å²) in [5.74, 6) is -1.37. The summed E-state index contributed by atoms with van der Waals surface area (Å²) >= 11 is 1.30. The number of hydrogen-bond acceptors (Lipinski definition) is 5. The van der Waals surface area contributed by atoms with Gasteiger partial charge in [-0.3, -0.25) is 9.59 Å². The molecule has 19 heavy (non-hydrogen) atoms. The third-order valence-electron chi connectivity index (χ3n) is 3.48. The van der Waals surface area contributed by atoms with Crippen LogP contribution in [0, 0.1) is 5.41 Å². The van der Waals surface area contributed by atoms with Gasteiger partial charge in [-0.1, -0.05) is 0 Å². The zero-order chi connectivity index (χ0) is 14.8. The summed E-state index contributed by atoms with van der Waals surface area (Å²) in [5.41, 5.74) is 3.69. The standard InChI is InChI=1S/C12H19N3O3S/c1-11(2,10(17)18)12(3,4)15-9(16)7-6-19-8(5-13)14-7/h6H,5,13H2,1-4H3,(H,15,16)(H,17,18). The molecule has 0 aliphatic carbocycles. The van der Waals surface area contributed by atoms with Crippen LogP contribution in [0.3, 0.4) is 0 Å². The number of thiazole rings is 1. The molecule has 0 atom stereocenters. The maximum Gasteiger partial charge on any atom is 0.311 e. The molecule has 0 saturated heterocycles. The van der Waals surface area contributed by atoms with E-state index in [9.17, 15) is 14.7 Å². The second-order valence-corrected chi connectivity index (χ2v) is 6.28. The number of nitrogens with two attached hydrogens (primary N) is 1. The summed E-state index contributed by atoms with van der Waals surface area (Å²) in [6.07, 6.45) is 0. The van der Waals surface area contributed by atoms with Crippen molar-refractivity contribution in [2.24, 2.45) is 11.1 Å². The van der Waals surface area contributed by atoms with Gasteiger partial charge < -0.3 is 16.2 Å². The molecule has 4 N–H and O–H groups in total. The minimum atomic E-state index is -1.10. The van der Waals surface area contributed by atoms with Crippen molar-refractivity contribution in [1.82, 2.24) is 10.3 Å². The quantitative estimate of drug-likeness (QED) is 0.754. The third-order valence-corrected chi connectivity index (χ3v) is 4.35. The van der Waals surface area contributed by atoms with Gasteiger partial charge in [0.1, 0.15) is 10.7 Å². The Morgan fingerprint density at radius 3 is 2.42 bits per heavy atom. The highest BCUT2D eigenvalue weighted by atomic mass is 32.1. The monoisotopic (exact) mass is 285 g/mol. The minimum absolute atomic E-state index is 0.264. The fourth-order valence-electron chi connectivity index (χ4n) is 1.28. The first-order valence-electron chi connectivity index (χ1n) is 5.82. The number of carbonyl (C=O) groups excluding carboxylic acids is 1. The molecule has 1 heterocycles. The van der Waals surface area contributed by atoms with Crippen LogP contribution in [0.4, 0.5) is 0 Å². The molecule has 0 fully saturated rings. The first kappa shape index (κ1) is 15.6. The van der Waals surface area contributed by atoms with Crippen molar-refractivity contribution < 1.29 is 14.7 Å². The predicted molar refractivity (Wildman–Crippen MR) is 73.0 cm³/mol. The van der Waals surface area contributed by atoms with E-state index in [2.05, 4.69) is 10.3 Å². The molecule has 0 aromatic carbocycles. The van der Waals surface area contributed by atoms with Crippen molar-refractivity contribution in [2.75, 3.05) is 0 Å². The molecule has 7 heteroatoms. The van der Waals surface area contributed by atoms with Crippen LogP contribution in [-0.2, 0) is 11.3 Å². The molecule has 106 valence electrons. The molecule has 0 spiro atoms. The number of carbonyl (C=O) groups is 2. The van der Waals surface area contributed by atoms with Crippen LogP contribution < -0.4 is 11.1 Å². The van der Waals surface area contributed by atoms with Crippen molar-refractivity contribution in [3.63, 3.8) is 0 Å². The molecule has 0 aliphatic heterocycles. The van der Waals surface area contributed by atoms with Crippen LogP contribution in [-0.4, -0.2) is 27.5 Å².